The smallest absolute Gasteiger partial charge is 0.243 e. The molecule has 1 amide bonds. The lowest BCUT2D eigenvalue weighted by atomic mass is 9.94. The number of benzene rings is 1. The van der Waals surface area contributed by atoms with E-state index in [1.54, 1.807) is 28.6 Å². The second-order valence-corrected chi connectivity index (χ2v) is 9.10. The Labute approximate surface area is 156 Å². The van der Waals surface area contributed by atoms with Gasteiger partial charge in [-0.25, -0.2) is 8.42 Å². The lowest BCUT2D eigenvalue weighted by Gasteiger charge is -2.32. The monoisotopic (exact) mass is 380 g/mol. The van der Waals surface area contributed by atoms with Crippen LogP contribution in [0.1, 0.15) is 38.5 Å². The van der Waals surface area contributed by atoms with Crippen LogP contribution in [-0.4, -0.2) is 51.0 Å². The number of sulfonamides is 1. The van der Waals surface area contributed by atoms with Gasteiger partial charge in [-0.2, -0.15) is 4.31 Å². The first-order valence-electron chi connectivity index (χ1n) is 9.49. The van der Waals surface area contributed by atoms with Crippen molar-refractivity contribution in [2.45, 2.75) is 49.5 Å². The minimum atomic E-state index is -3.44. The number of piperidine rings is 1. The maximum absolute atomic E-state index is 12.8. The average molecular weight is 381 g/mol. The Kier molecular flexibility index (Phi) is 6.67. The van der Waals surface area contributed by atoms with E-state index in [2.05, 4.69) is 5.32 Å². The molecule has 3 rings (SSSR count). The molecule has 7 heteroatoms. The van der Waals surface area contributed by atoms with Crippen LogP contribution in [0, 0.1) is 5.92 Å². The van der Waals surface area contributed by atoms with E-state index >= 15 is 0 Å². The largest absolute Gasteiger partial charge is 0.376 e. The molecule has 2 aliphatic rings. The van der Waals surface area contributed by atoms with Crippen LogP contribution in [0.2, 0.25) is 0 Å². The molecule has 26 heavy (non-hydrogen) atoms. The van der Waals surface area contributed by atoms with Gasteiger partial charge in [0.1, 0.15) is 0 Å². The molecule has 1 N–H and O–H groups in total. The number of hydrogen-bond donors (Lipinski definition) is 1. The molecule has 144 valence electrons. The summed E-state index contributed by atoms with van der Waals surface area (Å²) in [6.07, 6.45) is 5.20. The van der Waals surface area contributed by atoms with Crippen LogP contribution in [0.5, 0.6) is 0 Å². The van der Waals surface area contributed by atoms with E-state index in [0.29, 0.717) is 31.0 Å². The number of hydrogen-bond acceptors (Lipinski definition) is 4. The van der Waals surface area contributed by atoms with Crippen molar-refractivity contribution in [1.82, 2.24) is 9.62 Å². The Morgan fingerprint density at radius 1 is 1.19 bits per heavy atom. The van der Waals surface area contributed by atoms with Gasteiger partial charge in [0.25, 0.3) is 0 Å². The number of amides is 1. The predicted molar refractivity (Wildman–Crippen MR) is 99.1 cm³/mol. The molecule has 1 aromatic carbocycles. The molecular formula is C19H28N2O4S. The third kappa shape index (κ3) is 5.05. The van der Waals surface area contributed by atoms with Crippen LogP contribution in [-0.2, 0) is 19.6 Å². The average Bonchev–Trinajstić information content (AvgIpc) is 3.19. The second kappa shape index (κ2) is 8.97. The zero-order chi connectivity index (χ0) is 18.4. The Bertz CT molecular complexity index is 687. The number of nitrogens with zero attached hydrogens (tertiary/aromatic N) is 1. The highest BCUT2D eigenvalue weighted by atomic mass is 32.2. The van der Waals surface area contributed by atoms with Gasteiger partial charge < -0.3 is 10.1 Å². The minimum Gasteiger partial charge on any atom is -0.376 e. The van der Waals surface area contributed by atoms with Crippen LogP contribution < -0.4 is 5.32 Å². The van der Waals surface area contributed by atoms with Gasteiger partial charge in [-0.05, 0) is 50.2 Å². The van der Waals surface area contributed by atoms with Crippen molar-refractivity contribution in [2.24, 2.45) is 5.92 Å². The predicted octanol–water partition coefficient (Wildman–Crippen LogP) is 2.16. The summed E-state index contributed by atoms with van der Waals surface area (Å²) in [4.78, 5) is 12.4. The Morgan fingerprint density at radius 3 is 2.73 bits per heavy atom. The fourth-order valence-electron chi connectivity index (χ4n) is 3.68. The van der Waals surface area contributed by atoms with Gasteiger partial charge in [0.2, 0.25) is 15.9 Å². The highest BCUT2D eigenvalue weighted by molar-refractivity contribution is 7.89. The van der Waals surface area contributed by atoms with Gasteiger partial charge in [-0.1, -0.05) is 18.2 Å². The number of ether oxygens (including phenoxy) is 1. The summed E-state index contributed by atoms with van der Waals surface area (Å²) in [6, 6.07) is 8.57. The number of nitrogens with one attached hydrogen (secondary N) is 1. The van der Waals surface area contributed by atoms with Crippen molar-refractivity contribution in [3.8, 4) is 0 Å². The van der Waals surface area contributed by atoms with E-state index in [1.165, 1.54) is 0 Å². The lowest BCUT2D eigenvalue weighted by Crippen LogP contribution is -2.40. The van der Waals surface area contributed by atoms with Crippen LogP contribution in [0.3, 0.4) is 0 Å². The maximum atomic E-state index is 12.8. The maximum Gasteiger partial charge on any atom is 0.243 e. The topological polar surface area (TPSA) is 75.7 Å². The highest BCUT2D eigenvalue weighted by Gasteiger charge is 2.30. The van der Waals surface area contributed by atoms with Crippen molar-refractivity contribution in [3.05, 3.63) is 30.3 Å². The van der Waals surface area contributed by atoms with E-state index in [9.17, 15) is 13.2 Å². The third-order valence-electron chi connectivity index (χ3n) is 5.19. The molecule has 0 bridgehead atoms. The number of carbonyl (C=O) groups excluding carboxylic acids is 1. The number of rotatable bonds is 7. The van der Waals surface area contributed by atoms with E-state index in [0.717, 1.165) is 38.7 Å². The molecule has 2 aliphatic heterocycles. The van der Waals surface area contributed by atoms with Crippen molar-refractivity contribution in [3.63, 3.8) is 0 Å². The van der Waals surface area contributed by atoms with Crippen molar-refractivity contribution in [1.29, 1.82) is 0 Å². The Balaban J connectivity index is 1.46. The summed E-state index contributed by atoms with van der Waals surface area (Å²) >= 11 is 0. The van der Waals surface area contributed by atoms with E-state index < -0.39 is 10.0 Å². The molecule has 0 radical (unpaired) electrons. The summed E-state index contributed by atoms with van der Waals surface area (Å²) in [6.45, 7) is 2.42. The Morgan fingerprint density at radius 2 is 2.00 bits per heavy atom. The van der Waals surface area contributed by atoms with Crippen molar-refractivity contribution in [2.75, 3.05) is 26.2 Å². The summed E-state index contributed by atoms with van der Waals surface area (Å²) in [5.74, 6) is 0.263. The van der Waals surface area contributed by atoms with E-state index in [1.807, 2.05) is 6.07 Å². The third-order valence-corrected chi connectivity index (χ3v) is 7.07. The molecule has 2 saturated heterocycles. The van der Waals surface area contributed by atoms with E-state index in [-0.39, 0.29) is 17.9 Å². The molecule has 0 spiro atoms. The molecule has 6 nitrogen and oxygen atoms in total. The highest BCUT2D eigenvalue weighted by Crippen LogP contribution is 2.26. The zero-order valence-electron chi connectivity index (χ0n) is 15.1. The molecule has 0 unspecified atom stereocenters. The minimum absolute atomic E-state index is 0.0311. The first-order valence-corrected chi connectivity index (χ1v) is 10.9. The fraction of sp³-hybridized carbons (Fsp3) is 0.632. The van der Waals surface area contributed by atoms with Crippen molar-refractivity contribution < 1.29 is 17.9 Å². The molecule has 1 aromatic rings. The normalized spacial score (nSPS) is 24.5. The molecule has 2 atom stereocenters. The molecule has 2 heterocycles. The first kappa shape index (κ1) is 19.3. The SMILES string of the molecule is O=C(CC[C@H]1CCCN(S(=O)(=O)c2ccccc2)C1)NC[C@@H]1CCCO1. The molecule has 0 saturated carbocycles. The molecule has 2 fully saturated rings. The summed E-state index contributed by atoms with van der Waals surface area (Å²) < 4.78 is 32.6. The van der Waals surface area contributed by atoms with E-state index in [4.69, 9.17) is 4.74 Å². The second-order valence-electron chi connectivity index (χ2n) is 7.16. The fourth-order valence-corrected chi connectivity index (χ4v) is 5.25. The van der Waals surface area contributed by atoms with Crippen LogP contribution in [0.4, 0.5) is 0 Å². The zero-order valence-corrected chi connectivity index (χ0v) is 15.9. The molecular weight excluding hydrogens is 352 g/mol. The van der Waals surface area contributed by atoms with Gasteiger partial charge in [0.05, 0.1) is 11.0 Å². The van der Waals surface area contributed by atoms with Gasteiger partial charge in [-0.15, -0.1) is 0 Å². The van der Waals surface area contributed by atoms with Gasteiger partial charge in [-0.3, -0.25) is 4.79 Å². The van der Waals surface area contributed by atoms with Crippen LogP contribution in [0.15, 0.2) is 35.2 Å². The molecule has 0 aromatic heterocycles. The standard InChI is InChI=1S/C19H28N2O4S/c22-19(20-14-17-7-5-13-25-17)11-10-16-6-4-12-21(15-16)26(23,24)18-8-2-1-3-9-18/h1-3,8-9,16-17H,4-7,10-15H2,(H,20,22)/t16-,17+/m1/s1. The van der Waals surface area contributed by atoms with Gasteiger partial charge in [0.15, 0.2) is 0 Å². The quantitative estimate of drug-likeness (QED) is 0.787. The van der Waals surface area contributed by atoms with Gasteiger partial charge in [0, 0.05) is 32.7 Å². The van der Waals surface area contributed by atoms with Gasteiger partial charge >= 0.3 is 0 Å². The lowest BCUT2D eigenvalue weighted by molar-refractivity contribution is -0.121. The van der Waals surface area contributed by atoms with Crippen LogP contribution >= 0.6 is 0 Å². The van der Waals surface area contributed by atoms with Crippen LogP contribution in [0.25, 0.3) is 0 Å². The summed E-state index contributed by atoms with van der Waals surface area (Å²) in [7, 11) is -3.44. The number of carbonyl (C=O) groups is 1. The first-order chi connectivity index (χ1) is 12.6. The summed E-state index contributed by atoms with van der Waals surface area (Å²) in [5, 5.41) is 2.94. The van der Waals surface area contributed by atoms with Crippen molar-refractivity contribution >= 4 is 15.9 Å². The Hall–Kier alpha value is -1.44. The molecule has 0 aliphatic carbocycles. The summed E-state index contributed by atoms with van der Waals surface area (Å²) in [5.41, 5.74) is 0.